The number of nitrogens with zero attached hydrogens (tertiary/aromatic N) is 2. The number of benzene rings is 1. The van der Waals surface area contributed by atoms with Crippen LogP contribution in [0.5, 0.6) is 17.2 Å². The molecule has 0 saturated carbocycles. The minimum absolute atomic E-state index is 0.212. The maximum Gasteiger partial charge on any atom is 0.325 e. The van der Waals surface area contributed by atoms with Crippen LogP contribution in [0.25, 0.3) is 5.52 Å². The largest absolute Gasteiger partial charge is 0.488 e. The van der Waals surface area contributed by atoms with Gasteiger partial charge in [0.15, 0.2) is 11.5 Å². The number of nitrogens with one attached hydrogen (secondary N) is 1. The van der Waals surface area contributed by atoms with Crippen LogP contribution in [-0.4, -0.2) is 28.5 Å². The van der Waals surface area contributed by atoms with Gasteiger partial charge in [0.2, 0.25) is 0 Å². The number of carbonyl (C=O) groups excluding carboxylic acids is 1. The molecule has 1 aromatic carbocycles. The zero-order valence-corrected chi connectivity index (χ0v) is 15.6. The molecule has 0 bridgehead atoms. The van der Waals surface area contributed by atoms with E-state index in [-0.39, 0.29) is 6.03 Å². The number of allylic oxidation sites excluding steroid dienone is 1. The summed E-state index contributed by atoms with van der Waals surface area (Å²) in [4.78, 5) is 13.4. The predicted octanol–water partition coefficient (Wildman–Crippen LogP) is 4.47. The van der Waals surface area contributed by atoms with E-state index < -0.39 is 0 Å². The minimum Gasteiger partial charge on any atom is -0.488 e. The molecule has 0 fully saturated rings. The van der Waals surface area contributed by atoms with Crippen molar-refractivity contribution in [2.45, 2.75) is 6.92 Å². The molecule has 6 nitrogen and oxygen atoms in total. The number of rotatable bonds is 6. The summed E-state index contributed by atoms with van der Waals surface area (Å²) in [5.41, 5.74) is 2.84. The molecule has 0 unspecified atom stereocenters. The molecule has 4 rings (SSSR count). The maximum absolute atomic E-state index is 11.9. The van der Waals surface area contributed by atoms with Crippen molar-refractivity contribution in [3.63, 3.8) is 0 Å². The number of carbonyl (C=O) groups is 1. The van der Waals surface area contributed by atoms with E-state index in [0.29, 0.717) is 30.3 Å². The lowest BCUT2D eigenvalue weighted by molar-refractivity contribution is 0.203. The van der Waals surface area contributed by atoms with Crippen LogP contribution in [0, 0.1) is 6.92 Å². The fraction of sp³-hybridized carbons (Fsp3) is 0.136. The van der Waals surface area contributed by atoms with Gasteiger partial charge >= 0.3 is 6.03 Å². The van der Waals surface area contributed by atoms with Crippen molar-refractivity contribution in [1.82, 2.24) is 14.6 Å². The van der Waals surface area contributed by atoms with Gasteiger partial charge in [-0.05, 0) is 42.8 Å². The Morgan fingerprint density at radius 3 is 2.79 bits per heavy atom. The Labute approximate surface area is 163 Å². The van der Waals surface area contributed by atoms with Crippen LogP contribution in [0.4, 0.5) is 4.79 Å². The molecule has 6 heteroatoms. The molecular formula is C22H21N3O3. The second-order valence-electron chi connectivity index (χ2n) is 6.57. The molecule has 0 radical (unpaired) electrons. The summed E-state index contributed by atoms with van der Waals surface area (Å²) < 4.78 is 14.0. The van der Waals surface area contributed by atoms with Crippen LogP contribution < -0.4 is 14.8 Å². The number of hydrogen-bond donors (Lipinski definition) is 1. The zero-order valence-electron chi connectivity index (χ0n) is 15.6. The van der Waals surface area contributed by atoms with Gasteiger partial charge in [-0.25, -0.2) is 4.79 Å². The number of para-hydroxylation sites is 2. The number of hydrogen-bond acceptors (Lipinski definition) is 3. The van der Waals surface area contributed by atoms with E-state index in [2.05, 4.69) is 35.5 Å². The van der Waals surface area contributed by atoms with Gasteiger partial charge < -0.3 is 19.2 Å². The first-order valence-electron chi connectivity index (χ1n) is 9.01. The topological polar surface area (TPSA) is 55.2 Å². The van der Waals surface area contributed by atoms with E-state index in [4.69, 9.17) is 9.47 Å². The third-order valence-electron chi connectivity index (χ3n) is 4.36. The van der Waals surface area contributed by atoms with Gasteiger partial charge in [0.25, 0.3) is 0 Å². The summed E-state index contributed by atoms with van der Waals surface area (Å²) in [5, 5.41) is 2.66. The molecule has 0 spiro atoms. The third-order valence-corrected chi connectivity index (χ3v) is 4.36. The number of fused-ring (bicyclic) bond motifs is 1. The molecule has 3 aromatic rings. The van der Waals surface area contributed by atoms with Gasteiger partial charge in [0.1, 0.15) is 12.4 Å². The van der Waals surface area contributed by atoms with E-state index in [1.54, 1.807) is 17.2 Å². The highest BCUT2D eigenvalue weighted by atomic mass is 16.5. The lowest BCUT2D eigenvalue weighted by Gasteiger charge is -2.23. The first kappa shape index (κ1) is 17.7. The third kappa shape index (κ3) is 3.86. The highest BCUT2D eigenvalue weighted by Gasteiger charge is 2.15. The summed E-state index contributed by atoms with van der Waals surface area (Å²) in [6.45, 7) is 6.51. The molecule has 0 atom stereocenters. The number of pyridine rings is 1. The van der Waals surface area contributed by atoms with Crippen LogP contribution in [0.2, 0.25) is 0 Å². The fourth-order valence-electron chi connectivity index (χ4n) is 3.00. The maximum atomic E-state index is 11.9. The molecule has 3 heterocycles. The standard InChI is InChI=1S/C22H21N3O3/c1-16-13-18-14-19(8-10-25(18)15-16)28-21-6-4-3-5-20(21)27-12-11-24-9-7-17(2)23-22(24)26/h3-10,13-15H,2,11-12H2,1H3,(H,23,26). The van der Waals surface area contributed by atoms with E-state index in [1.807, 2.05) is 42.6 Å². The Hall–Kier alpha value is -3.67. The van der Waals surface area contributed by atoms with Crippen molar-refractivity contribution >= 4 is 11.5 Å². The van der Waals surface area contributed by atoms with Gasteiger partial charge in [0.05, 0.1) is 6.54 Å². The molecule has 2 amide bonds. The quantitative estimate of drug-likeness (QED) is 0.691. The Morgan fingerprint density at radius 1 is 1.14 bits per heavy atom. The summed E-state index contributed by atoms with van der Waals surface area (Å²) >= 11 is 0. The number of aryl methyl sites for hydroxylation is 1. The van der Waals surface area contributed by atoms with Gasteiger partial charge in [0, 0.05) is 35.9 Å². The highest BCUT2D eigenvalue weighted by molar-refractivity contribution is 5.79. The van der Waals surface area contributed by atoms with E-state index >= 15 is 0 Å². The smallest absolute Gasteiger partial charge is 0.325 e. The highest BCUT2D eigenvalue weighted by Crippen LogP contribution is 2.32. The Morgan fingerprint density at radius 2 is 1.96 bits per heavy atom. The van der Waals surface area contributed by atoms with E-state index in [9.17, 15) is 4.79 Å². The van der Waals surface area contributed by atoms with Crippen molar-refractivity contribution in [1.29, 1.82) is 0 Å². The van der Waals surface area contributed by atoms with E-state index in [0.717, 1.165) is 11.3 Å². The summed E-state index contributed by atoms with van der Waals surface area (Å²) in [5.74, 6) is 1.99. The van der Waals surface area contributed by atoms with Gasteiger partial charge in [-0.1, -0.05) is 18.7 Å². The molecule has 1 N–H and O–H groups in total. The molecule has 2 aromatic heterocycles. The number of aromatic nitrogens is 1. The average Bonchev–Trinajstić information content (AvgIpc) is 3.04. The lowest BCUT2D eigenvalue weighted by atomic mass is 10.3. The Kier molecular flexibility index (Phi) is 4.76. The summed E-state index contributed by atoms with van der Waals surface area (Å²) in [7, 11) is 0. The number of amides is 2. The second kappa shape index (κ2) is 7.52. The van der Waals surface area contributed by atoms with Crippen LogP contribution in [0.1, 0.15) is 5.56 Å². The summed E-state index contributed by atoms with van der Waals surface area (Å²) in [6.07, 6.45) is 7.48. The molecule has 1 aliphatic rings. The molecule has 1 aliphatic heterocycles. The second-order valence-corrected chi connectivity index (χ2v) is 6.57. The monoisotopic (exact) mass is 375 g/mol. The molecule has 0 aliphatic carbocycles. The first-order chi connectivity index (χ1) is 13.6. The van der Waals surface area contributed by atoms with Crippen LogP contribution in [-0.2, 0) is 0 Å². The molecule has 0 saturated heterocycles. The van der Waals surface area contributed by atoms with Gasteiger partial charge in [-0.15, -0.1) is 0 Å². The molecule has 142 valence electrons. The Balaban J connectivity index is 1.43. The average molecular weight is 375 g/mol. The fourth-order valence-corrected chi connectivity index (χ4v) is 3.00. The molecular weight excluding hydrogens is 354 g/mol. The number of ether oxygens (including phenoxy) is 2. The SMILES string of the molecule is C=C1C=CN(CCOc2ccccc2Oc2ccn3cc(C)cc3c2)C(=O)N1. The van der Waals surface area contributed by atoms with Crippen LogP contribution in [0.3, 0.4) is 0 Å². The van der Waals surface area contributed by atoms with Crippen LogP contribution in [0.15, 0.2) is 79.4 Å². The van der Waals surface area contributed by atoms with E-state index in [1.165, 1.54) is 5.56 Å². The van der Waals surface area contributed by atoms with Crippen molar-refractivity contribution in [3.05, 3.63) is 85.0 Å². The van der Waals surface area contributed by atoms with Crippen molar-refractivity contribution in [3.8, 4) is 17.2 Å². The molecule has 28 heavy (non-hydrogen) atoms. The van der Waals surface area contributed by atoms with Gasteiger partial charge in [-0.2, -0.15) is 0 Å². The Bertz CT molecular complexity index is 1070. The predicted molar refractivity (Wildman–Crippen MR) is 108 cm³/mol. The minimum atomic E-state index is -0.212. The summed E-state index contributed by atoms with van der Waals surface area (Å²) in [6, 6.07) is 13.3. The normalized spacial score (nSPS) is 13.7. The van der Waals surface area contributed by atoms with Crippen LogP contribution >= 0.6 is 0 Å². The van der Waals surface area contributed by atoms with Crippen molar-refractivity contribution in [2.24, 2.45) is 0 Å². The first-order valence-corrected chi connectivity index (χ1v) is 9.01. The lowest BCUT2D eigenvalue weighted by Crippen LogP contribution is -2.40. The van der Waals surface area contributed by atoms with Gasteiger partial charge in [-0.3, -0.25) is 4.90 Å². The number of urea groups is 1. The van der Waals surface area contributed by atoms with Crippen molar-refractivity contribution < 1.29 is 14.3 Å². The zero-order chi connectivity index (χ0) is 19.5. The van der Waals surface area contributed by atoms with Crippen molar-refractivity contribution in [2.75, 3.05) is 13.2 Å².